The maximum absolute atomic E-state index is 12.7. The molecule has 150 valence electrons. The Morgan fingerprint density at radius 2 is 1.96 bits per heavy atom. The van der Waals surface area contributed by atoms with Gasteiger partial charge in [0.05, 0.1) is 24.2 Å². The molecule has 0 saturated carbocycles. The topological polar surface area (TPSA) is 116 Å². The average molecular weight is 404 g/mol. The van der Waals surface area contributed by atoms with Crippen LogP contribution in [0.15, 0.2) is 35.6 Å². The van der Waals surface area contributed by atoms with Crippen molar-refractivity contribution < 1.29 is 19.1 Å². The number of aromatic nitrogens is 2. The summed E-state index contributed by atoms with van der Waals surface area (Å²) in [6.45, 7) is 6.20. The van der Waals surface area contributed by atoms with E-state index in [-0.39, 0.29) is 23.9 Å². The number of esters is 1. The summed E-state index contributed by atoms with van der Waals surface area (Å²) in [6.07, 6.45) is 1.87. The first-order valence-corrected chi connectivity index (χ1v) is 9.87. The first-order valence-electron chi connectivity index (χ1n) is 8.99. The Balaban J connectivity index is 2.10. The fraction of sp³-hybridized carbons (Fsp3) is 0.368. The van der Waals surface area contributed by atoms with Crippen LogP contribution in [0.5, 0.6) is 5.75 Å². The summed E-state index contributed by atoms with van der Waals surface area (Å²) in [6, 6.07) is 7.24. The monoisotopic (exact) mass is 404 g/mol. The molecule has 3 N–H and O–H groups in total. The van der Waals surface area contributed by atoms with Gasteiger partial charge in [-0.1, -0.05) is 30.8 Å². The van der Waals surface area contributed by atoms with Crippen molar-refractivity contribution in [3.05, 3.63) is 36.0 Å². The molecule has 2 aromatic rings. The van der Waals surface area contributed by atoms with Crippen LogP contribution in [0.1, 0.15) is 37.6 Å². The van der Waals surface area contributed by atoms with E-state index in [1.807, 2.05) is 26.0 Å². The minimum absolute atomic E-state index is 0.0212. The first-order chi connectivity index (χ1) is 13.5. The van der Waals surface area contributed by atoms with Crippen molar-refractivity contribution in [3.63, 3.8) is 0 Å². The van der Waals surface area contributed by atoms with Crippen molar-refractivity contribution in [3.8, 4) is 5.75 Å². The Hall–Kier alpha value is -2.81. The molecule has 9 heteroatoms. The highest BCUT2D eigenvalue weighted by molar-refractivity contribution is 8.00. The zero-order chi connectivity index (χ0) is 20.5. The average Bonchev–Trinajstić information content (AvgIpc) is 2.68. The highest BCUT2D eigenvalue weighted by atomic mass is 32.2. The van der Waals surface area contributed by atoms with Crippen LogP contribution in [-0.4, -0.2) is 40.3 Å². The van der Waals surface area contributed by atoms with Crippen molar-refractivity contribution in [1.82, 2.24) is 9.97 Å². The Labute approximate surface area is 168 Å². The second kappa shape index (κ2) is 10.5. The van der Waals surface area contributed by atoms with Gasteiger partial charge in [-0.05, 0) is 32.4 Å². The summed E-state index contributed by atoms with van der Waals surface area (Å²) in [5, 5.41) is 2.75. The SMILES string of the molecule is CCOC(=O)c1cnc(S[C@@H](CC)C(=O)Nc2ccccc2OCC)nc1N. The van der Waals surface area contributed by atoms with E-state index in [2.05, 4.69) is 15.3 Å². The maximum atomic E-state index is 12.7. The number of ether oxygens (including phenoxy) is 2. The Morgan fingerprint density at radius 1 is 1.21 bits per heavy atom. The first kappa shape index (κ1) is 21.5. The molecule has 1 heterocycles. The summed E-state index contributed by atoms with van der Waals surface area (Å²) in [5.41, 5.74) is 6.55. The summed E-state index contributed by atoms with van der Waals surface area (Å²) >= 11 is 1.18. The van der Waals surface area contributed by atoms with Crippen molar-refractivity contribution in [2.75, 3.05) is 24.3 Å². The second-order valence-electron chi connectivity index (χ2n) is 5.61. The van der Waals surface area contributed by atoms with Gasteiger partial charge in [0, 0.05) is 6.20 Å². The molecule has 0 saturated heterocycles. The number of thioether (sulfide) groups is 1. The minimum atomic E-state index is -0.575. The zero-order valence-corrected chi connectivity index (χ0v) is 16.9. The van der Waals surface area contributed by atoms with Crippen LogP contribution in [0.3, 0.4) is 0 Å². The van der Waals surface area contributed by atoms with Gasteiger partial charge in [0.15, 0.2) is 5.16 Å². The maximum Gasteiger partial charge on any atom is 0.343 e. The molecule has 0 radical (unpaired) electrons. The van der Waals surface area contributed by atoms with E-state index in [9.17, 15) is 9.59 Å². The fourth-order valence-corrected chi connectivity index (χ4v) is 3.17. The lowest BCUT2D eigenvalue weighted by Crippen LogP contribution is -2.25. The number of nitrogen functional groups attached to an aromatic ring is 1. The van der Waals surface area contributed by atoms with Gasteiger partial charge in [0.1, 0.15) is 17.1 Å². The van der Waals surface area contributed by atoms with Gasteiger partial charge < -0.3 is 20.5 Å². The molecular weight excluding hydrogens is 380 g/mol. The minimum Gasteiger partial charge on any atom is -0.492 e. The van der Waals surface area contributed by atoms with E-state index in [4.69, 9.17) is 15.2 Å². The highest BCUT2D eigenvalue weighted by Crippen LogP contribution is 2.28. The molecule has 0 aliphatic rings. The van der Waals surface area contributed by atoms with E-state index < -0.39 is 11.2 Å². The van der Waals surface area contributed by atoms with E-state index in [1.165, 1.54) is 18.0 Å². The third-order valence-corrected chi connectivity index (χ3v) is 4.89. The van der Waals surface area contributed by atoms with Gasteiger partial charge in [0.2, 0.25) is 5.91 Å². The van der Waals surface area contributed by atoms with Gasteiger partial charge in [-0.25, -0.2) is 14.8 Å². The zero-order valence-electron chi connectivity index (χ0n) is 16.1. The number of carbonyl (C=O) groups is 2. The fourth-order valence-electron chi connectivity index (χ4n) is 2.31. The molecule has 1 atom stereocenters. The van der Waals surface area contributed by atoms with E-state index >= 15 is 0 Å². The van der Waals surface area contributed by atoms with Gasteiger partial charge >= 0.3 is 5.97 Å². The van der Waals surface area contributed by atoms with E-state index in [0.717, 1.165) is 0 Å². The second-order valence-corrected chi connectivity index (χ2v) is 6.78. The third-order valence-electron chi connectivity index (χ3n) is 3.65. The molecule has 0 fully saturated rings. The van der Waals surface area contributed by atoms with Crippen molar-refractivity contribution >= 4 is 35.1 Å². The van der Waals surface area contributed by atoms with Crippen LogP contribution in [0.4, 0.5) is 11.5 Å². The molecule has 1 aromatic heterocycles. The van der Waals surface area contributed by atoms with Crippen LogP contribution in [0.2, 0.25) is 0 Å². The van der Waals surface area contributed by atoms with Crippen molar-refractivity contribution in [2.45, 2.75) is 37.6 Å². The molecule has 0 unspecified atom stereocenters. The van der Waals surface area contributed by atoms with Gasteiger partial charge in [0.25, 0.3) is 0 Å². The van der Waals surface area contributed by atoms with E-state index in [1.54, 1.807) is 19.1 Å². The third kappa shape index (κ3) is 5.59. The number of nitrogens with zero attached hydrogens (tertiary/aromatic N) is 2. The molecule has 28 heavy (non-hydrogen) atoms. The lowest BCUT2D eigenvalue weighted by molar-refractivity contribution is -0.115. The molecule has 8 nitrogen and oxygen atoms in total. The number of hydrogen-bond acceptors (Lipinski definition) is 8. The quantitative estimate of drug-likeness (QED) is 0.372. The van der Waals surface area contributed by atoms with Crippen LogP contribution in [-0.2, 0) is 9.53 Å². The summed E-state index contributed by atoms with van der Waals surface area (Å²) < 4.78 is 10.4. The summed E-state index contributed by atoms with van der Waals surface area (Å²) in [4.78, 5) is 32.7. The number of benzene rings is 1. The van der Waals surface area contributed by atoms with Crippen molar-refractivity contribution in [1.29, 1.82) is 0 Å². The predicted octanol–water partition coefficient (Wildman–Crippen LogP) is 3.14. The van der Waals surface area contributed by atoms with Crippen LogP contribution in [0.25, 0.3) is 0 Å². The number of hydrogen-bond donors (Lipinski definition) is 2. The number of rotatable bonds is 9. The predicted molar refractivity (Wildman–Crippen MR) is 109 cm³/mol. The molecule has 0 spiro atoms. The molecule has 1 amide bonds. The molecule has 0 bridgehead atoms. The lowest BCUT2D eigenvalue weighted by Gasteiger charge is -2.16. The van der Waals surface area contributed by atoms with E-state index in [0.29, 0.717) is 29.6 Å². The normalized spacial score (nSPS) is 11.5. The number of nitrogens with two attached hydrogens (primary N) is 1. The number of anilines is 2. The van der Waals surface area contributed by atoms with Crippen LogP contribution in [0, 0.1) is 0 Å². The lowest BCUT2D eigenvalue weighted by atomic mass is 10.2. The summed E-state index contributed by atoms with van der Waals surface area (Å²) in [5.74, 6) is -0.143. The Morgan fingerprint density at radius 3 is 2.61 bits per heavy atom. The number of para-hydroxylation sites is 2. The Bertz CT molecular complexity index is 831. The summed E-state index contributed by atoms with van der Waals surface area (Å²) in [7, 11) is 0. The molecule has 2 rings (SSSR count). The molecule has 1 aromatic carbocycles. The number of nitrogens with one attached hydrogen (secondary N) is 1. The smallest absolute Gasteiger partial charge is 0.343 e. The Kier molecular flexibility index (Phi) is 8.06. The largest absolute Gasteiger partial charge is 0.492 e. The standard InChI is InChI=1S/C19H24N4O4S/c1-4-15(17(24)22-13-9-7-8-10-14(13)26-5-2)28-19-21-11-12(16(20)23-19)18(25)27-6-3/h7-11,15H,4-6H2,1-3H3,(H,22,24)(H2,20,21,23)/t15-/m0/s1. The highest BCUT2D eigenvalue weighted by Gasteiger charge is 2.22. The molecular formula is C19H24N4O4S. The number of amides is 1. The van der Waals surface area contributed by atoms with Crippen LogP contribution >= 0.6 is 11.8 Å². The van der Waals surface area contributed by atoms with Gasteiger partial charge in [-0.15, -0.1) is 0 Å². The molecule has 0 aliphatic heterocycles. The molecule has 0 aliphatic carbocycles. The van der Waals surface area contributed by atoms with Gasteiger partial charge in [-0.2, -0.15) is 0 Å². The number of carbonyl (C=O) groups excluding carboxylic acids is 2. The van der Waals surface area contributed by atoms with Crippen molar-refractivity contribution in [2.24, 2.45) is 0 Å². The van der Waals surface area contributed by atoms with Gasteiger partial charge in [-0.3, -0.25) is 4.79 Å². The van der Waals surface area contributed by atoms with Crippen LogP contribution < -0.4 is 15.8 Å².